The van der Waals surface area contributed by atoms with Crippen molar-refractivity contribution in [2.45, 2.75) is 6.92 Å². The fourth-order valence-corrected chi connectivity index (χ4v) is 2.99. The van der Waals surface area contributed by atoms with Crippen molar-refractivity contribution in [1.29, 1.82) is 0 Å². The molecular formula is C11H11BrN2O2S. The molecule has 0 aliphatic carbocycles. The van der Waals surface area contributed by atoms with E-state index in [1.165, 1.54) is 23.1 Å². The largest absolute Gasteiger partial charge is 0.493 e. The highest BCUT2D eigenvalue weighted by Gasteiger charge is 2.21. The van der Waals surface area contributed by atoms with Gasteiger partial charge < -0.3 is 4.74 Å². The number of hydrogen-bond donors (Lipinski definition) is 0. The van der Waals surface area contributed by atoms with Gasteiger partial charge in [-0.25, -0.2) is 0 Å². The van der Waals surface area contributed by atoms with Gasteiger partial charge in [-0.1, -0.05) is 0 Å². The molecular weight excluding hydrogens is 304 g/mol. The molecule has 0 radical (unpaired) electrons. The van der Waals surface area contributed by atoms with Gasteiger partial charge in [0, 0.05) is 7.05 Å². The Kier molecular flexibility index (Phi) is 3.35. The van der Waals surface area contributed by atoms with Crippen LogP contribution in [-0.4, -0.2) is 22.7 Å². The zero-order valence-electron chi connectivity index (χ0n) is 9.65. The summed E-state index contributed by atoms with van der Waals surface area (Å²) in [6.07, 6.45) is 1.54. The lowest BCUT2D eigenvalue weighted by Crippen LogP contribution is -2.08. The molecule has 2 aromatic rings. The molecule has 6 heteroatoms. The quantitative estimate of drug-likeness (QED) is 0.818. The van der Waals surface area contributed by atoms with Crippen molar-refractivity contribution in [2.24, 2.45) is 7.05 Å². The van der Waals surface area contributed by atoms with Crippen LogP contribution in [0.4, 0.5) is 0 Å². The molecule has 0 bridgehead atoms. The summed E-state index contributed by atoms with van der Waals surface area (Å²) in [5.41, 5.74) is 1.53. The van der Waals surface area contributed by atoms with Gasteiger partial charge in [0.2, 0.25) is 5.78 Å². The third-order valence-electron chi connectivity index (χ3n) is 2.42. The number of thiophene rings is 1. The number of methoxy groups -OCH3 is 1. The molecule has 0 saturated heterocycles. The van der Waals surface area contributed by atoms with Crippen molar-refractivity contribution in [3.8, 4) is 5.75 Å². The van der Waals surface area contributed by atoms with Crippen molar-refractivity contribution in [3.05, 3.63) is 32.2 Å². The van der Waals surface area contributed by atoms with Gasteiger partial charge in [0.05, 0.1) is 22.0 Å². The average Bonchev–Trinajstić information content (AvgIpc) is 2.82. The van der Waals surface area contributed by atoms with Crippen LogP contribution in [0.25, 0.3) is 0 Å². The molecule has 0 aliphatic heterocycles. The van der Waals surface area contributed by atoms with Gasteiger partial charge >= 0.3 is 0 Å². The van der Waals surface area contributed by atoms with Gasteiger partial charge in [-0.05, 0) is 34.5 Å². The summed E-state index contributed by atoms with van der Waals surface area (Å²) in [6.45, 7) is 1.96. The van der Waals surface area contributed by atoms with Crippen LogP contribution in [0.5, 0.6) is 5.75 Å². The molecule has 0 aromatic carbocycles. The van der Waals surface area contributed by atoms with Crippen molar-refractivity contribution in [2.75, 3.05) is 7.11 Å². The molecule has 0 amide bonds. The predicted octanol–water partition coefficient (Wildman–Crippen LogP) is 2.79. The maximum absolute atomic E-state index is 12.3. The molecule has 0 atom stereocenters. The van der Waals surface area contributed by atoms with Crippen molar-refractivity contribution < 1.29 is 9.53 Å². The number of ketones is 1. The highest BCUT2D eigenvalue weighted by molar-refractivity contribution is 9.11. The maximum Gasteiger partial charge on any atom is 0.224 e. The SMILES string of the molecule is COc1cnn(C)c1C(=O)c1cc(C)c(Br)s1. The molecule has 17 heavy (non-hydrogen) atoms. The second-order valence-electron chi connectivity index (χ2n) is 3.58. The maximum atomic E-state index is 12.3. The van der Waals surface area contributed by atoms with Crippen LogP contribution in [0.2, 0.25) is 0 Å². The van der Waals surface area contributed by atoms with Crippen molar-refractivity contribution in [3.63, 3.8) is 0 Å². The van der Waals surface area contributed by atoms with Crippen LogP contribution >= 0.6 is 27.3 Å². The molecule has 0 saturated carbocycles. The van der Waals surface area contributed by atoms with Crippen LogP contribution in [0.15, 0.2) is 16.0 Å². The smallest absolute Gasteiger partial charge is 0.224 e. The lowest BCUT2D eigenvalue weighted by Gasteiger charge is -2.02. The lowest BCUT2D eigenvalue weighted by atomic mass is 10.2. The fraction of sp³-hybridized carbons (Fsp3) is 0.273. The highest BCUT2D eigenvalue weighted by atomic mass is 79.9. The van der Waals surface area contributed by atoms with Crippen LogP contribution in [-0.2, 0) is 7.05 Å². The normalized spacial score (nSPS) is 10.6. The van der Waals surface area contributed by atoms with E-state index < -0.39 is 0 Å². The van der Waals surface area contributed by atoms with Crippen LogP contribution < -0.4 is 4.74 Å². The Balaban J connectivity index is 2.46. The van der Waals surface area contributed by atoms with Crippen LogP contribution in [0.3, 0.4) is 0 Å². The number of hydrogen-bond acceptors (Lipinski definition) is 4. The number of carbonyl (C=O) groups excluding carboxylic acids is 1. The van der Waals surface area contributed by atoms with Gasteiger partial charge in [-0.3, -0.25) is 9.48 Å². The van der Waals surface area contributed by atoms with E-state index >= 15 is 0 Å². The Labute approximate surface area is 111 Å². The molecule has 2 rings (SSSR count). The molecule has 0 fully saturated rings. The topological polar surface area (TPSA) is 44.1 Å². The van der Waals surface area contributed by atoms with E-state index in [0.717, 1.165) is 9.35 Å². The molecule has 0 unspecified atom stereocenters. The number of aromatic nitrogens is 2. The Hall–Kier alpha value is -1.14. The lowest BCUT2D eigenvalue weighted by molar-refractivity contribution is 0.103. The molecule has 90 valence electrons. The first-order valence-corrected chi connectivity index (χ1v) is 6.52. The number of rotatable bonds is 3. The first-order chi connectivity index (χ1) is 8.04. The minimum atomic E-state index is -0.0688. The molecule has 2 heterocycles. The predicted molar refractivity (Wildman–Crippen MR) is 69.9 cm³/mol. The van der Waals surface area contributed by atoms with E-state index in [-0.39, 0.29) is 5.78 Å². The van der Waals surface area contributed by atoms with E-state index in [1.807, 2.05) is 13.0 Å². The summed E-state index contributed by atoms with van der Waals surface area (Å²) in [5, 5.41) is 4.03. The zero-order valence-corrected chi connectivity index (χ0v) is 12.1. The third kappa shape index (κ3) is 2.14. The first-order valence-electron chi connectivity index (χ1n) is 4.91. The molecule has 0 spiro atoms. The Bertz CT molecular complexity index is 555. The second kappa shape index (κ2) is 4.62. The number of ether oxygens (including phenoxy) is 1. The average molecular weight is 315 g/mol. The minimum absolute atomic E-state index is 0.0688. The number of aryl methyl sites for hydroxylation is 2. The number of carbonyl (C=O) groups is 1. The Morgan fingerprint density at radius 3 is 2.82 bits per heavy atom. The summed E-state index contributed by atoms with van der Waals surface area (Å²) in [5.74, 6) is 0.431. The summed E-state index contributed by atoms with van der Waals surface area (Å²) in [4.78, 5) is 13.0. The van der Waals surface area contributed by atoms with Gasteiger partial charge in [-0.2, -0.15) is 5.10 Å². The van der Waals surface area contributed by atoms with Gasteiger partial charge in [0.1, 0.15) is 0 Å². The fourth-order valence-electron chi connectivity index (χ4n) is 1.51. The molecule has 0 N–H and O–H groups in total. The van der Waals surface area contributed by atoms with E-state index in [1.54, 1.807) is 13.2 Å². The van der Waals surface area contributed by atoms with E-state index in [9.17, 15) is 4.79 Å². The summed E-state index contributed by atoms with van der Waals surface area (Å²) >= 11 is 4.83. The van der Waals surface area contributed by atoms with Gasteiger partial charge in [-0.15, -0.1) is 11.3 Å². The summed E-state index contributed by atoms with van der Waals surface area (Å²) in [7, 11) is 3.26. The Morgan fingerprint density at radius 2 is 2.29 bits per heavy atom. The standard InChI is InChI=1S/C11H11BrN2O2S/c1-6-4-8(17-11(6)12)10(15)9-7(16-3)5-13-14(9)2/h4-5H,1-3H3. The summed E-state index contributed by atoms with van der Waals surface area (Å²) in [6, 6.07) is 1.86. The molecule has 0 aliphatic rings. The van der Waals surface area contributed by atoms with Crippen molar-refractivity contribution in [1.82, 2.24) is 9.78 Å². The van der Waals surface area contributed by atoms with E-state index in [2.05, 4.69) is 21.0 Å². The third-order valence-corrected chi connectivity index (χ3v) is 4.56. The number of halogens is 1. The second-order valence-corrected chi connectivity index (χ2v) is 5.95. The van der Waals surface area contributed by atoms with Crippen molar-refractivity contribution >= 4 is 33.0 Å². The first kappa shape index (κ1) is 12.3. The van der Waals surface area contributed by atoms with Gasteiger partial charge in [0.15, 0.2) is 11.4 Å². The van der Waals surface area contributed by atoms with E-state index in [0.29, 0.717) is 16.3 Å². The minimum Gasteiger partial charge on any atom is -0.493 e. The Morgan fingerprint density at radius 1 is 1.59 bits per heavy atom. The van der Waals surface area contributed by atoms with Crippen LogP contribution in [0, 0.1) is 6.92 Å². The molecule has 4 nitrogen and oxygen atoms in total. The monoisotopic (exact) mass is 314 g/mol. The van der Waals surface area contributed by atoms with Gasteiger partial charge in [0.25, 0.3) is 0 Å². The number of nitrogens with zero attached hydrogens (tertiary/aromatic N) is 2. The van der Waals surface area contributed by atoms with E-state index in [4.69, 9.17) is 4.74 Å². The highest BCUT2D eigenvalue weighted by Crippen LogP contribution is 2.30. The molecule has 2 aromatic heterocycles. The van der Waals surface area contributed by atoms with Crippen LogP contribution in [0.1, 0.15) is 20.9 Å². The zero-order chi connectivity index (χ0) is 12.6. The summed E-state index contributed by atoms with van der Waals surface area (Å²) < 4.78 is 7.64.